The first-order chi connectivity index (χ1) is 7.44. The standard InChI is InChI=1S/C9H20.C8H16/c1-7(2)9(5,6)8(3)4;1-6(2)8(5)7(3)4/h7-8H,1-6H3;6-7H,5H2,1-4H3. The van der Waals surface area contributed by atoms with E-state index in [4.69, 9.17) is 0 Å². The van der Waals surface area contributed by atoms with Gasteiger partial charge < -0.3 is 0 Å². The summed E-state index contributed by atoms with van der Waals surface area (Å²) in [5, 5.41) is 0. The van der Waals surface area contributed by atoms with Crippen LogP contribution in [0.3, 0.4) is 0 Å². The maximum absolute atomic E-state index is 3.95. The minimum absolute atomic E-state index is 0.500. The fourth-order valence-corrected chi connectivity index (χ4v) is 1.33. The monoisotopic (exact) mass is 240 g/mol. The number of rotatable bonds is 4. The quantitative estimate of drug-likeness (QED) is 0.515. The summed E-state index contributed by atoms with van der Waals surface area (Å²) in [7, 11) is 0. The molecule has 104 valence electrons. The minimum atomic E-state index is 0.500. The number of hydrogen-bond acceptors (Lipinski definition) is 0. The van der Waals surface area contributed by atoms with Crippen LogP contribution in [-0.4, -0.2) is 0 Å². The van der Waals surface area contributed by atoms with Crippen LogP contribution in [0.2, 0.25) is 0 Å². The first-order valence-corrected chi connectivity index (χ1v) is 7.13. The molecule has 0 radical (unpaired) electrons. The average molecular weight is 240 g/mol. The number of hydrogen-bond donors (Lipinski definition) is 0. The van der Waals surface area contributed by atoms with Crippen LogP contribution in [0.1, 0.15) is 69.2 Å². The van der Waals surface area contributed by atoms with Gasteiger partial charge in [0.2, 0.25) is 0 Å². The van der Waals surface area contributed by atoms with Gasteiger partial charge in [0.25, 0.3) is 0 Å². The lowest BCUT2D eigenvalue weighted by Gasteiger charge is -2.33. The third-order valence-corrected chi connectivity index (χ3v) is 4.46. The highest BCUT2D eigenvalue weighted by molar-refractivity contribution is 4.99. The summed E-state index contributed by atoms with van der Waals surface area (Å²) < 4.78 is 0. The van der Waals surface area contributed by atoms with Gasteiger partial charge in [-0.05, 0) is 29.1 Å². The highest BCUT2D eigenvalue weighted by Gasteiger charge is 2.25. The summed E-state index contributed by atoms with van der Waals surface area (Å²) in [6, 6.07) is 0. The molecule has 0 heteroatoms. The summed E-state index contributed by atoms with van der Waals surface area (Å²) in [4.78, 5) is 0. The molecular weight excluding hydrogens is 204 g/mol. The molecule has 17 heavy (non-hydrogen) atoms. The van der Waals surface area contributed by atoms with Crippen molar-refractivity contribution in [3.8, 4) is 0 Å². The van der Waals surface area contributed by atoms with Gasteiger partial charge in [-0.1, -0.05) is 81.4 Å². The fourth-order valence-electron chi connectivity index (χ4n) is 1.33. The topological polar surface area (TPSA) is 0 Å². The van der Waals surface area contributed by atoms with Crippen LogP contribution < -0.4 is 0 Å². The van der Waals surface area contributed by atoms with Crippen molar-refractivity contribution in [1.29, 1.82) is 0 Å². The van der Waals surface area contributed by atoms with Gasteiger partial charge in [0, 0.05) is 0 Å². The van der Waals surface area contributed by atoms with Crippen molar-refractivity contribution in [2.24, 2.45) is 29.1 Å². The van der Waals surface area contributed by atoms with Gasteiger partial charge >= 0.3 is 0 Å². The van der Waals surface area contributed by atoms with E-state index in [0.29, 0.717) is 17.3 Å². The average Bonchev–Trinajstić information content (AvgIpc) is 2.16. The Morgan fingerprint density at radius 1 is 0.706 bits per heavy atom. The second kappa shape index (κ2) is 7.95. The van der Waals surface area contributed by atoms with E-state index in [1.165, 1.54) is 5.57 Å². The van der Waals surface area contributed by atoms with Gasteiger partial charge in [-0.15, -0.1) is 0 Å². The summed E-state index contributed by atoms with van der Waals surface area (Å²) >= 11 is 0. The van der Waals surface area contributed by atoms with Crippen molar-refractivity contribution < 1.29 is 0 Å². The van der Waals surface area contributed by atoms with Gasteiger partial charge in [0.15, 0.2) is 0 Å². The molecule has 0 nitrogen and oxygen atoms in total. The van der Waals surface area contributed by atoms with Crippen molar-refractivity contribution in [1.82, 2.24) is 0 Å². The zero-order valence-corrected chi connectivity index (χ0v) is 14.0. The highest BCUT2D eigenvalue weighted by atomic mass is 14.3. The second-order valence-corrected chi connectivity index (χ2v) is 7.02. The molecule has 0 N–H and O–H groups in total. The van der Waals surface area contributed by atoms with Crippen molar-refractivity contribution >= 4 is 0 Å². The Labute approximate surface area is 111 Å². The van der Waals surface area contributed by atoms with Crippen molar-refractivity contribution in [3.05, 3.63) is 12.2 Å². The summed E-state index contributed by atoms with van der Waals surface area (Å²) in [6.45, 7) is 26.5. The molecule has 0 amide bonds. The predicted molar refractivity (Wildman–Crippen MR) is 82.3 cm³/mol. The van der Waals surface area contributed by atoms with Gasteiger partial charge in [-0.2, -0.15) is 0 Å². The highest BCUT2D eigenvalue weighted by Crippen LogP contribution is 2.33. The van der Waals surface area contributed by atoms with E-state index in [2.05, 4.69) is 75.8 Å². The van der Waals surface area contributed by atoms with E-state index in [-0.39, 0.29) is 0 Å². The molecule has 0 bridgehead atoms. The predicted octanol–water partition coefficient (Wildman–Crippen LogP) is 6.18. The Hall–Kier alpha value is -0.260. The summed E-state index contributed by atoms with van der Waals surface area (Å²) in [6.07, 6.45) is 0. The molecule has 0 spiro atoms. The third-order valence-electron chi connectivity index (χ3n) is 4.46. The van der Waals surface area contributed by atoms with Gasteiger partial charge in [0.05, 0.1) is 0 Å². The van der Waals surface area contributed by atoms with Crippen LogP contribution in [0.15, 0.2) is 12.2 Å². The van der Waals surface area contributed by atoms with E-state index in [1.54, 1.807) is 0 Å². The lowest BCUT2D eigenvalue weighted by molar-refractivity contribution is 0.165. The molecule has 0 atom stereocenters. The Morgan fingerprint density at radius 3 is 0.941 bits per heavy atom. The Kier molecular flexibility index (Phi) is 8.93. The van der Waals surface area contributed by atoms with E-state index < -0.39 is 0 Å². The Morgan fingerprint density at radius 2 is 0.941 bits per heavy atom. The van der Waals surface area contributed by atoms with Gasteiger partial charge in [-0.25, -0.2) is 0 Å². The van der Waals surface area contributed by atoms with Crippen LogP contribution in [-0.2, 0) is 0 Å². The van der Waals surface area contributed by atoms with Crippen molar-refractivity contribution in [3.63, 3.8) is 0 Å². The van der Waals surface area contributed by atoms with E-state index in [9.17, 15) is 0 Å². The molecule has 0 aliphatic carbocycles. The number of allylic oxidation sites excluding steroid dienone is 1. The van der Waals surface area contributed by atoms with Crippen LogP contribution in [0.25, 0.3) is 0 Å². The molecule has 0 aromatic heterocycles. The van der Waals surface area contributed by atoms with Crippen molar-refractivity contribution in [2.45, 2.75) is 69.2 Å². The first-order valence-electron chi connectivity index (χ1n) is 7.13. The van der Waals surface area contributed by atoms with Gasteiger partial charge in [-0.3, -0.25) is 0 Å². The molecule has 0 heterocycles. The lowest BCUT2D eigenvalue weighted by atomic mass is 9.72. The van der Waals surface area contributed by atoms with Crippen LogP contribution in [0.4, 0.5) is 0 Å². The molecule has 0 unspecified atom stereocenters. The maximum Gasteiger partial charge on any atom is -0.0260 e. The van der Waals surface area contributed by atoms with Crippen LogP contribution >= 0.6 is 0 Å². The second-order valence-electron chi connectivity index (χ2n) is 7.02. The molecule has 0 aromatic carbocycles. The minimum Gasteiger partial charge on any atom is -0.0993 e. The molecule has 0 fully saturated rings. The lowest BCUT2D eigenvalue weighted by Crippen LogP contribution is -2.25. The maximum atomic E-state index is 3.95. The van der Waals surface area contributed by atoms with Crippen LogP contribution in [0.5, 0.6) is 0 Å². The Bertz CT molecular complexity index is 184. The first kappa shape index (κ1) is 19.1. The summed E-state index contributed by atoms with van der Waals surface area (Å²) in [5.41, 5.74) is 1.85. The van der Waals surface area contributed by atoms with E-state index in [1.807, 2.05) is 0 Å². The molecule has 0 saturated heterocycles. The Balaban J connectivity index is 0. The van der Waals surface area contributed by atoms with Crippen molar-refractivity contribution in [2.75, 3.05) is 0 Å². The molecule has 0 aromatic rings. The van der Waals surface area contributed by atoms with Gasteiger partial charge in [0.1, 0.15) is 0 Å². The van der Waals surface area contributed by atoms with E-state index >= 15 is 0 Å². The molecule has 0 aliphatic heterocycles. The normalized spacial score (nSPS) is 12.1. The molecule has 0 saturated carbocycles. The SMILES string of the molecule is C=C(C(C)C)C(C)C.CC(C)C(C)(C)C(C)C. The van der Waals surface area contributed by atoms with E-state index in [0.717, 1.165) is 11.8 Å². The van der Waals surface area contributed by atoms with Crippen LogP contribution in [0, 0.1) is 29.1 Å². The summed E-state index contributed by atoms with van der Waals surface area (Å²) in [5.74, 6) is 2.87. The zero-order chi connectivity index (χ0) is 14.4. The molecule has 0 rings (SSSR count). The zero-order valence-electron chi connectivity index (χ0n) is 14.0. The largest absolute Gasteiger partial charge is 0.0993 e. The third kappa shape index (κ3) is 7.63. The smallest absolute Gasteiger partial charge is 0.0260 e. The molecule has 0 aliphatic rings. The molecular formula is C17H36. The fraction of sp³-hybridized carbons (Fsp3) is 0.882.